The first-order valence-corrected chi connectivity index (χ1v) is 3.28. The van der Waals surface area contributed by atoms with E-state index < -0.39 is 0 Å². The number of rotatable bonds is 1. The average Bonchev–Trinajstić information content (AvgIpc) is 1.95. The highest BCUT2D eigenvalue weighted by Crippen LogP contribution is 2.15. The molecule has 0 aliphatic carbocycles. The first-order valence-electron chi connectivity index (χ1n) is 2.48. The number of anilines is 2. The molecule has 0 bridgehead atoms. The molecule has 5 N–H and O–H groups in total. The predicted molar refractivity (Wildman–Crippen MR) is 42.0 cm³/mol. The number of nitrogens with two attached hydrogens (primary N) is 2. The van der Waals surface area contributed by atoms with Gasteiger partial charge in [0.15, 0.2) is 0 Å². The van der Waals surface area contributed by atoms with Crippen molar-refractivity contribution in [2.75, 3.05) is 11.2 Å². The van der Waals surface area contributed by atoms with Crippen LogP contribution in [0, 0.1) is 0 Å². The number of nitrogens with one attached hydrogen (secondary N) is 1. The fourth-order valence-electron chi connectivity index (χ4n) is 0.450. The minimum atomic E-state index is 0.306. The number of nitrogen functional groups attached to an aromatic ring is 2. The number of hydrazine groups is 1. The van der Waals surface area contributed by atoms with Gasteiger partial charge in [-0.15, -0.1) is 0 Å². The van der Waals surface area contributed by atoms with Crippen molar-refractivity contribution in [3.05, 3.63) is 10.7 Å². The molecule has 6 heteroatoms. The second-order valence-corrected chi connectivity index (χ2v) is 2.43. The smallest absolute Gasteiger partial charge is 0.239 e. The van der Waals surface area contributed by atoms with Crippen LogP contribution in [0.3, 0.4) is 0 Å². The Balaban J connectivity index is 3.04. The van der Waals surface area contributed by atoms with E-state index in [1.165, 1.54) is 6.20 Å². The quantitative estimate of drug-likeness (QED) is 0.446. The molecular formula is C4H6BrN5. The van der Waals surface area contributed by atoms with Crippen LogP contribution in [-0.2, 0) is 0 Å². The van der Waals surface area contributed by atoms with Crippen molar-refractivity contribution in [1.29, 1.82) is 0 Å². The summed E-state index contributed by atoms with van der Waals surface area (Å²) in [5, 5.41) is 0. The van der Waals surface area contributed by atoms with Gasteiger partial charge in [-0.3, -0.25) is 5.43 Å². The minimum Gasteiger partial charge on any atom is -0.383 e. The molecule has 0 aromatic carbocycles. The molecule has 0 aliphatic rings. The molecule has 1 aromatic rings. The standard InChI is InChI=1S/C4H6BrN5/c5-2-1-8-4(10-7)9-3(2)6/h1H,7H2,(H3,6,8,9,10). The fourth-order valence-corrected chi connectivity index (χ4v) is 0.641. The van der Waals surface area contributed by atoms with Gasteiger partial charge in [0.05, 0.1) is 4.47 Å². The van der Waals surface area contributed by atoms with E-state index in [9.17, 15) is 0 Å². The molecule has 54 valence electrons. The van der Waals surface area contributed by atoms with Crippen LogP contribution in [0.5, 0.6) is 0 Å². The summed E-state index contributed by atoms with van der Waals surface area (Å²) < 4.78 is 0.659. The SMILES string of the molecule is NNc1ncc(Br)c(N)n1. The largest absolute Gasteiger partial charge is 0.383 e. The van der Waals surface area contributed by atoms with E-state index in [2.05, 4.69) is 31.3 Å². The van der Waals surface area contributed by atoms with Gasteiger partial charge in [0, 0.05) is 6.20 Å². The molecule has 0 unspecified atom stereocenters. The lowest BCUT2D eigenvalue weighted by Gasteiger charge is -1.98. The van der Waals surface area contributed by atoms with Crippen molar-refractivity contribution in [3.63, 3.8) is 0 Å². The molecule has 5 nitrogen and oxygen atoms in total. The summed E-state index contributed by atoms with van der Waals surface area (Å²) in [6.07, 6.45) is 1.53. The van der Waals surface area contributed by atoms with Crippen LogP contribution >= 0.6 is 15.9 Å². The summed E-state index contributed by atoms with van der Waals surface area (Å²) in [6, 6.07) is 0. The summed E-state index contributed by atoms with van der Waals surface area (Å²) in [4.78, 5) is 7.56. The van der Waals surface area contributed by atoms with Gasteiger partial charge in [0.1, 0.15) is 5.82 Å². The van der Waals surface area contributed by atoms with Gasteiger partial charge in [0.25, 0.3) is 0 Å². The molecule has 0 saturated heterocycles. The first-order chi connectivity index (χ1) is 4.74. The highest BCUT2D eigenvalue weighted by atomic mass is 79.9. The maximum absolute atomic E-state index is 5.40. The Kier molecular flexibility index (Phi) is 2.03. The van der Waals surface area contributed by atoms with E-state index in [0.717, 1.165) is 0 Å². The molecule has 0 amide bonds. The lowest BCUT2D eigenvalue weighted by Crippen LogP contribution is -2.11. The Morgan fingerprint density at radius 2 is 2.30 bits per heavy atom. The third-order valence-electron chi connectivity index (χ3n) is 0.900. The second-order valence-electron chi connectivity index (χ2n) is 1.57. The van der Waals surface area contributed by atoms with E-state index >= 15 is 0 Å². The van der Waals surface area contributed by atoms with Gasteiger partial charge in [-0.1, -0.05) is 0 Å². The molecule has 0 fully saturated rings. The lowest BCUT2D eigenvalue weighted by molar-refractivity contribution is 1.11. The van der Waals surface area contributed by atoms with Gasteiger partial charge in [-0.05, 0) is 15.9 Å². The molecule has 1 aromatic heterocycles. The highest BCUT2D eigenvalue weighted by molar-refractivity contribution is 9.10. The van der Waals surface area contributed by atoms with Gasteiger partial charge in [0.2, 0.25) is 5.95 Å². The normalized spacial score (nSPS) is 9.40. The predicted octanol–water partition coefficient (Wildman–Crippen LogP) is 0.107. The van der Waals surface area contributed by atoms with Crippen LogP contribution in [-0.4, -0.2) is 9.97 Å². The zero-order valence-electron chi connectivity index (χ0n) is 5.00. The van der Waals surface area contributed by atoms with E-state index in [4.69, 9.17) is 11.6 Å². The molecule has 0 saturated carbocycles. The average molecular weight is 204 g/mol. The summed E-state index contributed by atoms with van der Waals surface area (Å²) in [5.74, 6) is 5.69. The molecule has 0 spiro atoms. The van der Waals surface area contributed by atoms with Crippen molar-refractivity contribution in [3.8, 4) is 0 Å². The lowest BCUT2D eigenvalue weighted by atomic mass is 10.6. The van der Waals surface area contributed by atoms with E-state index in [0.29, 0.717) is 16.2 Å². The second kappa shape index (κ2) is 2.80. The summed E-state index contributed by atoms with van der Waals surface area (Å²) >= 11 is 3.14. The van der Waals surface area contributed by atoms with Crippen LogP contribution in [0.25, 0.3) is 0 Å². The number of hydrogen-bond donors (Lipinski definition) is 3. The van der Waals surface area contributed by atoms with E-state index in [1.807, 2.05) is 0 Å². The van der Waals surface area contributed by atoms with E-state index in [1.54, 1.807) is 0 Å². The van der Waals surface area contributed by atoms with Gasteiger partial charge >= 0.3 is 0 Å². The number of hydrogen-bond acceptors (Lipinski definition) is 5. The zero-order valence-corrected chi connectivity index (χ0v) is 6.59. The highest BCUT2D eigenvalue weighted by Gasteiger charge is 1.97. The Hall–Kier alpha value is -0.880. The molecular weight excluding hydrogens is 198 g/mol. The van der Waals surface area contributed by atoms with Crippen LogP contribution in [0.2, 0.25) is 0 Å². The monoisotopic (exact) mass is 203 g/mol. The minimum absolute atomic E-state index is 0.306. The molecule has 1 rings (SSSR count). The Labute approximate surface area is 65.9 Å². The molecule has 0 radical (unpaired) electrons. The summed E-state index contributed by atoms with van der Waals surface area (Å²) in [7, 11) is 0. The molecule has 0 aliphatic heterocycles. The Morgan fingerprint density at radius 3 is 2.80 bits per heavy atom. The van der Waals surface area contributed by atoms with Gasteiger partial charge < -0.3 is 5.73 Å². The maximum atomic E-state index is 5.40. The van der Waals surface area contributed by atoms with Crippen LogP contribution in [0.15, 0.2) is 10.7 Å². The number of halogens is 1. The fraction of sp³-hybridized carbons (Fsp3) is 0. The van der Waals surface area contributed by atoms with Crippen molar-refractivity contribution >= 4 is 27.7 Å². The maximum Gasteiger partial charge on any atom is 0.239 e. The van der Waals surface area contributed by atoms with Crippen molar-refractivity contribution in [2.45, 2.75) is 0 Å². The van der Waals surface area contributed by atoms with Crippen LogP contribution < -0.4 is 17.0 Å². The Bertz CT molecular complexity index is 237. The van der Waals surface area contributed by atoms with Gasteiger partial charge in [-0.25, -0.2) is 10.8 Å². The van der Waals surface area contributed by atoms with Gasteiger partial charge in [-0.2, -0.15) is 4.98 Å². The third kappa shape index (κ3) is 1.34. The third-order valence-corrected chi connectivity index (χ3v) is 1.51. The molecule has 10 heavy (non-hydrogen) atoms. The number of aromatic nitrogens is 2. The Morgan fingerprint density at radius 1 is 1.60 bits per heavy atom. The summed E-state index contributed by atoms with van der Waals surface area (Å²) in [6.45, 7) is 0. The van der Waals surface area contributed by atoms with Crippen LogP contribution in [0.4, 0.5) is 11.8 Å². The van der Waals surface area contributed by atoms with Crippen molar-refractivity contribution in [2.24, 2.45) is 5.84 Å². The van der Waals surface area contributed by atoms with Crippen LogP contribution in [0.1, 0.15) is 0 Å². The van der Waals surface area contributed by atoms with Crippen molar-refractivity contribution in [1.82, 2.24) is 9.97 Å². The number of nitrogens with zero attached hydrogens (tertiary/aromatic N) is 2. The molecule has 0 atom stereocenters. The molecule has 1 heterocycles. The topological polar surface area (TPSA) is 89.8 Å². The first kappa shape index (κ1) is 7.23. The van der Waals surface area contributed by atoms with E-state index in [-0.39, 0.29) is 0 Å². The zero-order chi connectivity index (χ0) is 7.56. The van der Waals surface area contributed by atoms with Crippen molar-refractivity contribution < 1.29 is 0 Å². The summed E-state index contributed by atoms with van der Waals surface area (Å²) in [5.41, 5.74) is 7.67.